The summed E-state index contributed by atoms with van der Waals surface area (Å²) < 4.78 is 6.29. The molecule has 1 saturated heterocycles. The molecule has 1 aliphatic rings. The van der Waals surface area contributed by atoms with Gasteiger partial charge in [0.05, 0.1) is 16.7 Å². The molecule has 21 heavy (non-hydrogen) atoms. The first-order valence-electron chi connectivity index (χ1n) is 7.88. The van der Waals surface area contributed by atoms with E-state index in [0.717, 1.165) is 19.4 Å². The predicted octanol–water partition coefficient (Wildman–Crippen LogP) is 2.84. The lowest BCUT2D eigenvalue weighted by Crippen LogP contribution is -2.62. The Labute approximate surface area is 129 Å². The number of likely N-dealkylation sites (N-methyl/N-ethyl adjacent to an activating group) is 1. The maximum Gasteiger partial charge on any atom is 0.0829 e. The Hall–Kier alpha value is -0.900. The molecular weight excluding hydrogens is 260 g/mol. The second-order valence-corrected chi connectivity index (χ2v) is 7.44. The molecule has 0 aromatic heterocycles. The summed E-state index contributed by atoms with van der Waals surface area (Å²) >= 11 is 0. The first-order chi connectivity index (χ1) is 9.72. The van der Waals surface area contributed by atoms with E-state index in [1.54, 1.807) is 0 Å². The van der Waals surface area contributed by atoms with Crippen LogP contribution in [0.3, 0.4) is 0 Å². The van der Waals surface area contributed by atoms with Crippen LogP contribution in [0.5, 0.6) is 0 Å². The smallest absolute Gasteiger partial charge is 0.0829 e. The summed E-state index contributed by atoms with van der Waals surface area (Å²) in [7, 11) is 2.18. The number of rotatable bonds is 5. The van der Waals surface area contributed by atoms with Crippen molar-refractivity contribution in [3.63, 3.8) is 0 Å². The number of hydrogen-bond donors (Lipinski definition) is 1. The van der Waals surface area contributed by atoms with Crippen molar-refractivity contribution in [2.24, 2.45) is 5.73 Å². The molecule has 1 heterocycles. The zero-order chi connectivity index (χ0) is 15.7. The van der Waals surface area contributed by atoms with Crippen molar-refractivity contribution in [1.29, 1.82) is 0 Å². The molecule has 3 heteroatoms. The van der Waals surface area contributed by atoms with Crippen molar-refractivity contribution in [3.8, 4) is 0 Å². The first-order valence-corrected chi connectivity index (χ1v) is 7.88. The standard InChI is InChI=1S/C18H30N2O/c1-16(2)13-18(14-19,17(3,4)21-16)20(5)12-11-15-9-7-6-8-10-15/h6-10H,11-14,19H2,1-5H3. The fourth-order valence-electron chi connectivity index (χ4n) is 3.96. The Balaban J connectivity index is 2.13. The summed E-state index contributed by atoms with van der Waals surface area (Å²) in [4.78, 5) is 2.41. The zero-order valence-electron chi connectivity index (χ0n) is 14.1. The summed E-state index contributed by atoms with van der Waals surface area (Å²) in [6.45, 7) is 10.3. The number of nitrogens with two attached hydrogens (primary N) is 1. The van der Waals surface area contributed by atoms with Crippen LogP contribution in [0.25, 0.3) is 0 Å². The Morgan fingerprint density at radius 2 is 1.76 bits per heavy atom. The summed E-state index contributed by atoms with van der Waals surface area (Å²) in [6, 6.07) is 10.6. The molecule has 1 atom stereocenters. The SMILES string of the molecule is CN(CCc1ccccc1)C1(CN)CC(C)(C)OC1(C)C. The molecule has 0 amide bonds. The molecule has 1 unspecified atom stereocenters. The average molecular weight is 290 g/mol. The van der Waals surface area contributed by atoms with E-state index in [2.05, 4.69) is 70.0 Å². The molecule has 2 rings (SSSR count). The van der Waals surface area contributed by atoms with Gasteiger partial charge in [0.1, 0.15) is 0 Å². The van der Waals surface area contributed by atoms with Crippen LogP contribution in [0.15, 0.2) is 30.3 Å². The number of nitrogens with zero attached hydrogens (tertiary/aromatic N) is 1. The molecule has 0 radical (unpaired) electrons. The number of hydrogen-bond acceptors (Lipinski definition) is 3. The van der Waals surface area contributed by atoms with E-state index in [-0.39, 0.29) is 16.7 Å². The van der Waals surface area contributed by atoms with Gasteiger partial charge in [-0.15, -0.1) is 0 Å². The topological polar surface area (TPSA) is 38.5 Å². The van der Waals surface area contributed by atoms with Crippen LogP contribution in [-0.2, 0) is 11.2 Å². The number of benzene rings is 1. The normalized spacial score (nSPS) is 27.2. The maximum atomic E-state index is 6.29. The van der Waals surface area contributed by atoms with E-state index >= 15 is 0 Å². The second-order valence-electron chi connectivity index (χ2n) is 7.44. The van der Waals surface area contributed by atoms with E-state index in [4.69, 9.17) is 10.5 Å². The van der Waals surface area contributed by atoms with Crippen LogP contribution in [0.2, 0.25) is 0 Å². The third-order valence-corrected chi connectivity index (χ3v) is 5.02. The van der Waals surface area contributed by atoms with Crippen molar-refractivity contribution in [2.45, 2.75) is 57.3 Å². The third kappa shape index (κ3) is 3.15. The molecule has 1 aliphatic heterocycles. The van der Waals surface area contributed by atoms with E-state index < -0.39 is 0 Å². The van der Waals surface area contributed by atoms with E-state index in [0.29, 0.717) is 6.54 Å². The fourth-order valence-corrected chi connectivity index (χ4v) is 3.96. The van der Waals surface area contributed by atoms with Gasteiger partial charge in [-0.3, -0.25) is 4.90 Å². The van der Waals surface area contributed by atoms with Crippen molar-refractivity contribution in [3.05, 3.63) is 35.9 Å². The maximum absolute atomic E-state index is 6.29. The monoisotopic (exact) mass is 290 g/mol. The largest absolute Gasteiger partial charge is 0.368 e. The van der Waals surface area contributed by atoms with Gasteiger partial charge in [0, 0.05) is 13.1 Å². The Bertz CT molecular complexity index is 469. The van der Waals surface area contributed by atoms with Crippen LogP contribution < -0.4 is 5.73 Å². The minimum absolute atomic E-state index is 0.106. The van der Waals surface area contributed by atoms with Crippen LogP contribution in [0.4, 0.5) is 0 Å². The fraction of sp³-hybridized carbons (Fsp3) is 0.667. The van der Waals surface area contributed by atoms with Gasteiger partial charge in [-0.1, -0.05) is 30.3 Å². The van der Waals surface area contributed by atoms with Gasteiger partial charge in [-0.05, 0) is 53.1 Å². The van der Waals surface area contributed by atoms with Gasteiger partial charge < -0.3 is 10.5 Å². The van der Waals surface area contributed by atoms with Gasteiger partial charge in [0.25, 0.3) is 0 Å². The van der Waals surface area contributed by atoms with Gasteiger partial charge >= 0.3 is 0 Å². The van der Waals surface area contributed by atoms with E-state index in [1.807, 2.05) is 0 Å². The summed E-state index contributed by atoms with van der Waals surface area (Å²) in [5.41, 5.74) is 7.12. The van der Waals surface area contributed by atoms with Crippen molar-refractivity contribution < 1.29 is 4.74 Å². The summed E-state index contributed by atoms with van der Waals surface area (Å²) in [5.74, 6) is 0. The quantitative estimate of drug-likeness (QED) is 0.906. The van der Waals surface area contributed by atoms with Crippen LogP contribution in [0.1, 0.15) is 39.7 Å². The molecular formula is C18H30N2O. The highest BCUT2D eigenvalue weighted by Crippen LogP contribution is 2.47. The van der Waals surface area contributed by atoms with Crippen LogP contribution in [0, 0.1) is 0 Å². The molecule has 118 valence electrons. The minimum Gasteiger partial charge on any atom is -0.368 e. The Morgan fingerprint density at radius 1 is 1.14 bits per heavy atom. The lowest BCUT2D eigenvalue weighted by Gasteiger charge is -2.46. The summed E-state index contributed by atoms with van der Waals surface area (Å²) in [5, 5.41) is 0. The molecule has 0 bridgehead atoms. The molecule has 3 nitrogen and oxygen atoms in total. The van der Waals surface area contributed by atoms with Gasteiger partial charge in [-0.25, -0.2) is 0 Å². The zero-order valence-corrected chi connectivity index (χ0v) is 14.1. The molecule has 2 N–H and O–H groups in total. The predicted molar refractivity (Wildman–Crippen MR) is 88.4 cm³/mol. The summed E-state index contributed by atoms with van der Waals surface area (Å²) in [6.07, 6.45) is 2.00. The van der Waals surface area contributed by atoms with Crippen molar-refractivity contribution in [2.75, 3.05) is 20.1 Å². The molecule has 1 aromatic carbocycles. The molecule has 0 saturated carbocycles. The lowest BCUT2D eigenvalue weighted by atomic mass is 9.77. The highest BCUT2D eigenvalue weighted by atomic mass is 16.5. The lowest BCUT2D eigenvalue weighted by molar-refractivity contribution is -0.0998. The highest BCUT2D eigenvalue weighted by molar-refractivity contribution is 5.16. The van der Waals surface area contributed by atoms with Gasteiger partial charge in [0.15, 0.2) is 0 Å². The highest BCUT2D eigenvalue weighted by Gasteiger charge is 2.58. The minimum atomic E-state index is -0.239. The van der Waals surface area contributed by atoms with E-state index in [1.165, 1.54) is 5.56 Å². The van der Waals surface area contributed by atoms with Crippen LogP contribution >= 0.6 is 0 Å². The van der Waals surface area contributed by atoms with Gasteiger partial charge in [-0.2, -0.15) is 0 Å². The molecule has 1 aromatic rings. The number of ether oxygens (including phenoxy) is 1. The third-order valence-electron chi connectivity index (χ3n) is 5.02. The Kier molecular flexibility index (Phi) is 4.48. The first kappa shape index (κ1) is 16.5. The van der Waals surface area contributed by atoms with Gasteiger partial charge in [0.2, 0.25) is 0 Å². The van der Waals surface area contributed by atoms with Crippen molar-refractivity contribution >= 4 is 0 Å². The Morgan fingerprint density at radius 3 is 2.24 bits per heavy atom. The van der Waals surface area contributed by atoms with E-state index in [9.17, 15) is 0 Å². The van der Waals surface area contributed by atoms with Crippen LogP contribution in [-0.4, -0.2) is 41.8 Å². The molecule has 0 spiro atoms. The molecule has 0 aliphatic carbocycles. The second kappa shape index (κ2) is 5.71. The average Bonchev–Trinajstić information content (AvgIpc) is 2.62. The van der Waals surface area contributed by atoms with Crippen molar-refractivity contribution in [1.82, 2.24) is 4.90 Å². The molecule has 1 fully saturated rings.